The Hall–Kier alpha value is -4.09. The third-order valence-corrected chi connectivity index (χ3v) is 9.37. The number of fused-ring (bicyclic) bond motifs is 1. The summed E-state index contributed by atoms with van der Waals surface area (Å²) in [6.45, 7) is 8.01. The Kier molecular flexibility index (Phi) is 7.36. The van der Waals surface area contributed by atoms with Gasteiger partial charge in [-0.05, 0) is 63.4 Å². The number of halogens is 3. The minimum Gasteiger partial charge on any atom is -0.480 e. The fraction of sp³-hybridized carbons (Fsp3) is 0.467. The molecule has 0 radical (unpaired) electrons. The number of aryl methyl sites for hydroxylation is 2. The van der Waals surface area contributed by atoms with Crippen molar-refractivity contribution in [1.82, 2.24) is 14.7 Å². The van der Waals surface area contributed by atoms with Gasteiger partial charge < -0.3 is 24.9 Å². The maximum absolute atomic E-state index is 14.3. The first-order valence-electron chi connectivity index (χ1n) is 13.4. The number of carboxylic acids is 2. The van der Waals surface area contributed by atoms with Crippen LogP contribution in [0.5, 0.6) is 0 Å². The zero-order valence-corrected chi connectivity index (χ0v) is 24.2. The normalized spacial score (nSPS) is 24.3. The first-order chi connectivity index (χ1) is 19.3. The smallest absolute Gasteiger partial charge is 0.416 e. The highest BCUT2D eigenvalue weighted by Gasteiger charge is 2.73. The van der Waals surface area contributed by atoms with Crippen LogP contribution in [0.3, 0.4) is 0 Å². The SMILES string of the molecule is Cc1cc([C@@H](C)N(C)C(=O)N2CCN3C(=O)C(C(=O)O)(C(=O)O)CC3(C)C2(C)c2ccccc2C)cc(C(F)(F)F)c1. The van der Waals surface area contributed by atoms with E-state index in [1.807, 2.05) is 0 Å². The molecule has 0 aliphatic carbocycles. The van der Waals surface area contributed by atoms with Crippen LogP contribution < -0.4 is 0 Å². The molecule has 2 unspecified atom stereocenters. The number of urea groups is 1. The molecule has 2 N–H and O–H groups in total. The highest BCUT2D eigenvalue weighted by Crippen LogP contribution is 2.56. The molecule has 3 atom stereocenters. The van der Waals surface area contributed by atoms with Gasteiger partial charge in [0.1, 0.15) is 0 Å². The van der Waals surface area contributed by atoms with E-state index in [1.165, 1.54) is 28.7 Å². The van der Waals surface area contributed by atoms with E-state index >= 15 is 0 Å². The summed E-state index contributed by atoms with van der Waals surface area (Å²) in [7, 11) is 1.47. The maximum atomic E-state index is 14.3. The molecule has 0 bridgehead atoms. The molecule has 2 aromatic rings. The third kappa shape index (κ3) is 4.30. The topological polar surface area (TPSA) is 118 Å². The fourth-order valence-electron chi connectivity index (χ4n) is 6.70. The van der Waals surface area contributed by atoms with Crippen LogP contribution in [0.4, 0.5) is 18.0 Å². The van der Waals surface area contributed by atoms with Crippen molar-refractivity contribution in [3.05, 3.63) is 70.3 Å². The second-order valence-corrected chi connectivity index (χ2v) is 11.7. The van der Waals surface area contributed by atoms with Crippen LogP contribution in [-0.4, -0.2) is 74.5 Å². The molecule has 2 saturated heterocycles. The molecular formula is C30H34F3N3O6. The molecule has 0 spiro atoms. The average Bonchev–Trinajstić information content (AvgIpc) is 3.16. The quantitative estimate of drug-likeness (QED) is 0.484. The van der Waals surface area contributed by atoms with E-state index in [4.69, 9.17) is 0 Å². The Morgan fingerprint density at radius 2 is 1.60 bits per heavy atom. The summed E-state index contributed by atoms with van der Waals surface area (Å²) >= 11 is 0. The van der Waals surface area contributed by atoms with Gasteiger partial charge in [0.2, 0.25) is 5.41 Å². The molecule has 4 rings (SSSR count). The van der Waals surface area contributed by atoms with Gasteiger partial charge in [0.25, 0.3) is 5.91 Å². The van der Waals surface area contributed by atoms with Crippen molar-refractivity contribution in [3.63, 3.8) is 0 Å². The number of hydrogen-bond donors (Lipinski definition) is 2. The number of benzene rings is 2. The van der Waals surface area contributed by atoms with Crippen LogP contribution in [0.2, 0.25) is 0 Å². The van der Waals surface area contributed by atoms with Gasteiger partial charge in [0, 0.05) is 26.6 Å². The van der Waals surface area contributed by atoms with E-state index in [1.54, 1.807) is 58.0 Å². The van der Waals surface area contributed by atoms with Crippen molar-refractivity contribution in [1.29, 1.82) is 0 Å². The largest absolute Gasteiger partial charge is 0.480 e. The summed E-state index contributed by atoms with van der Waals surface area (Å²) in [5.41, 5.74) is -4.52. The Labute approximate surface area is 241 Å². The molecule has 12 heteroatoms. The number of carbonyl (C=O) groups is 4. The molecule has 0 aromatic heterocycles. The molecule has 2 aliphatic rings. The fourth-order valence-corrected chi connectivity index (χ4v) is 6.70. The molecule has 0 saturated carbocycles. The van der Waals surface area contributed by atoms with Crippen LogP contribution in [0.25, 0.3) is 0 Å². The zero-order chi connectivity index (χ0) is 31.6. The molecule has 226 valence electrons. The molecular weight excluding hydrogens is 555 g/mol. The monoisotopic (exact) mass is 589 g/mol. The number of nitrogens with zero attached hydrogens (tertiary/aromatic N) is 3. The van der Waals surface area contributed by atoms with Crippen molar-refractivity contribution in [3.8, 4) is 0 Å². The summed E-state index contributed by atoms with van der Waals surface area (Å²) < 4.78 is 40.7. The minimum atomic E-state index is -4.58. The zero-order valence-electron chi connectivity index (χ0n) is 24.2. The van der Waals surface area contributed by atoms with E-state index in [9.17, 15) is 42.6 Å². The Bertz CT molecular complexity index is 1460. The van der Waals surface area contributed by atoms with Crippen LogP contribution >= 0.6 is 0 Å². The first-order valence-corrected chi connectivity index (χ1v) is 13.4. The Balaban J connectivity index is 1.85. The number of carbonyl (C=O) groups excluding carboxylic acids is 2. The predicted octanol–water partition coefficient (Wildman–Crippen LogP) is 4.81. The number of hydrogen-bond acceptors (Lipinski definition) is 4. The van der Waals surface area contributed by atoms with Crippen molar-refractivity contribution < 1.29 is 42.6 Å². The standard InChI is InChI=1S/C30H34F3N3O6/c1-17-13-20(15-21(14-17)30(31,32)33)19(3)34(6)26(42)36-12-11-35-23(37)29(24(38)39,25(40)41)16-27(35,4)28(36,5)22-10-8-7-9-18(22)2/h7-10,13-15,19H,11-12,16H2,1-6H3,(H,38,39)(H,40,41)/t19-,27?,28?/m1/s1. The number of alkyl halides is 3. The second kappa shape index (κ2) is 10.0. The number of aliphatic carboxylic acids is 2. The van der Waals surface area contributed by atoms with E-state index in [0.717, 1.165) is 17.7 Å². The molecule has 2 aromatic carbocycles. The van der Waals surface area contributed by atoms with E-state index in [2.05, 4.69) is 0 Å². The van der Waals surface area contributed by atoms with Crippen molar-refractivity contribution in [2.75, 3.05) is 20.1 Å². The maximum Gasteiger partial charge on any atom is 0.416 e. The summed E-state index contributed by atoms with van der Waals surface area (Å²) in [5.74, 6) is -4.63. The molecule has 9 nitrogen and oxygen atoms in total. The van der Waals surface area contributed by atoms with Gasteiger partial charge in [-0.2, -0.15) is 13.2 Å². The van der Waals surface area contributed by atoms with Crippen LogP contribution in [0, 0.1) is 19.3 Å². The second-order valence-electron chi connectivity index (χ2n) is 11.7. The molecule has 42 heavy (non-hydrogen) atoms. The Morgan fingerprint density at radius 1 is 1.00 bits per heavy atom. The van der Waals surface area contributed by atoms with Gasteiger partial charge in [0.15, 0.2) is 0 Å². The highest BCUT2D eigenvalue weighted by molar-refractivity contribution is 6.20. The third-order valence-electron chi connectivity index (χ3n) is 9.37. The summed E-state index contributed by atoms with van der Waals surface area (Å²) in [6, 6.07) is 9.29. The van der Waals surface area contributed by atoms with E-state index in [-0.39, 0.29) is 18.7 Å². The van der Waals surface area contributed by atoms with Gasteiger partial charge in [-0.3, -0.25) is 14.4 Å². The lowest BCUT2D eigenvalue weighted by Gasteiger charge is -2.59. The lowest BCUT2D eigenvalue weighted by molar-refractivity contribution is -0.168. The van der Waals surface area contributed by atoms with Gasteiger partial charge >= 0.3 is 24.1 Å². The van der Waals surface area contributed by atoms with Crippen molar-refractivity contribution >= 4 is 23.9 Å². The van der Waals surface area contributed by atoms with E-state index in [0.29, 0.717) is 11.1 Å². The predicted molar refractivity (Wildman–Crippen MR) is 145 cm³/mol. The number of carboxylic acid groups (broad SMARTS) is 2. The van der Waals surface area contributed by atoms with Crippen LogP contribution in [0.1, 0.15) is 61.1 Å². The molecule has 2 aliphatic heterocycles. The summed E-state index contributed by atoms with van der Waals surface area (Å²) in [6.07, 6.45) is -5.18. The van der Waals surface area contributed by atoms with Crippen LogP contribution in [-0.2, 0) is 26.1 Å². The van der Waals surface area contributed by atoms with Gasteiger partial charge in [-0.15, -0.1) is 0 Å². The Morgan fingerprint density at radius 3 is 2.14 bits per heavy atom. The van der Waals surface area contributed by atoms with Crippen LogP contribution in [0.15, 0.2) is 42.5 Å². The number of rotatable bonds is 5. The first kappa shape index (κ1) is 30.9. The van der Waals surface area contributed by atoms with Gasteiger partial charge in [-0.25, -0.2) is 4.79 Å². The minimum absolute atomic E-state index is 0.0704. The summed E-state index contributed by atoms with van der Waals surface area (Å²) in [4.78, 5) is 56.7. The number of piperazine rings is 1. The van der Waals surface area contributed by atoms with Crippen molar-refractivity contribution in [2.24, 2.45) is 5.41 Å². The molecule has 2 fully saturated rings. The van der Waals surface area contributed by atoms with E-state index < -0.39 is 64.6 Å². The lowest BCUT2D eigenvalue weighted by atomic mass is 9.66. The lowest BCUT2D eigenvalue weighted by Crippen LogP contribution is -2.72. The van der Waals surface area contributed by atoms with Gasteiger partial charge in [0.05, 0.1) is 22.7 Å². The average molecular weight is 590 g/mol. The number of amides is 3. The molecule has 2 heterocycles. The van der Waals surface area contributed by atoms with Gasteiger partial charge in [-0.1, -0.05) is 35.9 Å². The van der Waals surface area contributed by atoms with Crippen molar-refractivity contribution in [2.45, 2.75) is 64.3 Å². The summed E-state index contributed by atoms with van der Waals surface area (Å²) in [5, 5.41) is 20.1. The molecule has 3 amide bonds. The highest BCUT2D eigenvalue weighted by atomic mass is 19.4.